The molecule has 0 aliphatic carbocycles. The molecule has 17 heavy (non-hydrogen) atoms. The molecule has 2 aromatic rings. The third kappa shape index (κ3) is 3.29. The van der Waals surface area contributed by atoms with E-state index in [0.717, 1.165) is 22.5 Å². The number of hydrogen-bond acceptors (Lipinski definition) is 3. The van der Waals surface area contributed by atoms with E-state index in [2.05, 4.69) is 10.3 Å². The summed E-state index contributed by atoms with van der Waals surface area (Å²) in [5.74, 6) is 0.866. The van der Waals surface area contributed by atoms with Gasteiger partial charge in [-0.2, -0.15) is 0 Å². The molecule has 1 heterocycles. The SMILES string of the molecule is Cc1ccc(NCc2cccc(CO)c2)nc1. The van der Waals surface area contributed by atoms with Gasteiger partial charge in [0.25, 0.3) is 0 Å². The van der Waals surface area contributed by atoms with Crippen LogP contribution in [0.5, 0.6) is 0 Å². The largest absolute Gasteiger partial charge is 0.392 e. The molecule has 0 bridgehead atoms. The predicted octanol–water partition coefficient (Wildman–Crippen LogP) is 2.49. The maximum Gasteiger partial charge on any atom is 0.126 e. The Morgan fingerprint density at radius 1 is 1.18 bits per heavy atom. The van der Waals surface area contributed by atoms with E-state index in [4.69, 9.17) is 5.11 Å². The molecule has 3 nitrogen and oxygen atoms in total. The Hall–Kier alpha value is -1.87. The van der Waals surface area contributed by atoms with Gasteiger partial charge in [-0.15, -0.1) is 0 Å². The van der Waals surface area contributed by atoms with Gasteiger partial charge < -0.3 is 10.4 Å². The zero-order valence-electron chi connectivity index (χ0n) is 9.85. The Balaban J connectivity index is 1.99. The normalized spacial score (nSPS) is 10.2. The van der Waals surface area contributed by atoms with E-state index in [-0.39, 0.29) is 6.61 Å². The van der Waals surface area contributed by atoms with Crippen molar-refractivity contribution in [3.8, 4) is 0 Å². The Bertz CT molecular complexity index is 480. The van der Waals surface area contributed by atoms with E-state index in [1.807, 2.05) is 49.5 Å². The Labute approximate surface area is 101 Å². The van der Waals surface area contributed by atoms with Crippen molar-refractivity contribution >= 4 is 5.82 Å². The van der Waals surface area contributed by atoms with Crippen LogP contribution in [-0.2, 0) is 13.2 Å². The van der Waals surface area contributed by atoms with Gasteiger partial charge in [-0.05, 0) is 29.7 Å². The lowest BCUT2D eigenvalue weighted by molar-refractivity contribution is 0.281. The molecule has 2 N–H and O–H groups in total. The minimum Gasteiger partial charge on any atom is -0.392 e. The number of nitrogens with one attached hydrogen (secondary N) is 1. The number of pyridine rings is 1. The first-order valence-corrected chi connectivity index (χ1v) is 5.63. The van der Waals surface area contributed by atoms with Gasteiger partial charge in [-0.1, -0.05) is 30.3 Å². The average molecular weight is 228 g/mol. The summed E-state index contributed by atoms with van der Waals surface area (Å²) >= 11 is 0. The van der Waals surface area contributed by atoms with Gasteiger partial charge in [0.1, 0.15) is 5.82 Å². The van der Waals surface area contributed by atoms with Crippen molar-refractivity contribution in [2.75, 3.05) is 5.32 Å². The van der Waals surface area contributed by atoms with Crippen LogP contribution in [0.4, 0.5) is 5.82 Å². The van der Waals surface area contributed by atoms with Crippen molar-refractivity contribution in [2.24, 2.45) is 0 Å². The van der Waals surface area contributed by atoms with Crippen molar-refractivity contribution in [2.45, 2.75) is 20.1 Å². The van der Waals surface area contributed by atoms with Crippen LogP contribution in [0.2, 0.25) is 0 Å². The first-order chi connectivity index (χ1) is 8.28. The molecule has 0 saturated carbocycles. The van der Waals surface area contributed by atoms with Crippen LogP contribution >= 0.6 is 0 Å². The smallest absolute Gasteiger partial charge is 0.126 e. The quantitative estimate of drug-likeness (QED) is 0.845. The second kappa shape index (κ2) is 5.46. The standard InChI is InChI=1S/C14H16N2O/c1-11-5-6-14(15-8-11)16-9-12-3-2-4-13(7-12)10-17/h2-8,17H,9-10H2,1H3,(H,15,16). The van der Waals surface area contributed by atoms with Gasteiger partial charge in [0.15, 0.2) is 0 Å². The lowest BCUT2D eigenvalue weighted by atomic mass is 10.1. The fourth-order valence-electron chi connectivity index (χ4n) is 1.60. The number of anilines is 1. The number of benzene rings is 1. The molecule has 0 spiro atoms. The van der Waals surface area contributed by atoms with E-state index in [0.29, 0.717) is 6.54 Å². The van der Waals surface area contributed by atoms with Gasteiger partial charge in [-0.25, -0.2) is 4.98 Å². The number of aryl methyl sites for hydroxylation is 1. The zero-order valence-corrected chi connectivity index (χ0v) is 9.85. The molecule has 3 heteroatoms. The molecule has 1 aromatic heterocycles. The predicted molar refractivity (Wildman–Crippen MR) is 68.7 cm³/mol. The van der Waals surface area contributed by atoms with Gasteiger partial charge in [0.05, 0.1) is 6.61 Å². The molecule has 0 aliphatic heterocycles. The molecular weight excluding hydrogens is 212 g/mol. The minimum absolute atomic E-state index is 0.0800. The highest BCUT2D eigenvalue weighted by atomic mass is 16.3. The average Bonchev–Trinajstić information content (AvgIpc) is 2.38. The summed E-state index contributed by atoms with van der Waals surface area (Å²) in [6, 6.07) is 11.9. The lowest BCUT2D eigenvalue weighted by Crippen LogP contribution is -2.01. The van der Waals surface area contributed by atoms with E-state index in [1.165, 1.54) is 0 Å². The van der Waals surface area contributed by atoms with Crippen molar-refractivity contribution in [3.05, 3.63) is 59.3 Å². The van der Waals surface area contributed by atoms with Crippen LogP contribution < -0.4 is 5.32 Å². The van der Waals surface area contributed by atoms with Gasteiger partial charge in [-0.3, -0.25) is 0 Å². The number of aromatic nitrogens is 1. The zero-order chi connectivity index (χ0) is 12.1. The molecule has 0 atom stereocenters. The molecule has 0 radical (unpaired) electrons. The molecule has 0 fully saturated rings. The molecule has 0 amide bonds. The topological polar surface area (TPSA) is 45.1 Å². The lowest BCUT2D eigenvalue weighted by Gasteiger charge is -2.07. The highest BCUT2D eigenvalue weighted by Gasteiger charge is 1.96. The van der Waals surface area contributed by atoms with Crippen molar-refractivity contribution in [1.29, 1.82) is 0 Å². The first kappa shape index (κ1) is 11.6. The van der Waals surface area contributed by atoms with E-state index >= 15 is 0 Å². The summed E-state index contributed by atoms with van der Waals surface area (Å²) in [6.07, 6.45) is 1.84. The Morgan fingerprint density at radius 3 is 2.71 bits per heavy atom. The molecule has 0 unspecified atom stereocenters. The van der Waals surface area contributed by atoms with Crippen LogP contribution in [0, 0.1) is 6.92 Å². The highest BCUT2D eigenvalue weighted by molar-refractivity contribution is 5.36. The Kier molecular flexibility index (Phi) is 3.73. The third-order valence-electron chi connectivity index (χ3n) is 2.56. The second-order valence-corrected chi connectivity index (χ2v) is 4.05. The fourth-order valence-corrected chi connectivity index (χ4v) is 1.60. The summed E-state index contributed by atoms with van der Waals surface area (Å²) in [6.45, 7) is 2.81. The number of aliphatic hydroxyl groups is 1. The van der Waals surface area contributed by atoms with Crippen LogP contribution in [0.3, 0.4) is 0 Å². The van der Waals surface area contributed by atoms with E-state index in [1.54, 1.807) is 0 Å². The second-order valence-electron chi connectivity index (χ2n) is 4.05. The minimum atomic E-state index is 0.0800. The van der Waals surface area contributed by atoms with Gasteiger partial charge in [0, 0.05) is 12.7 Å². The van der Waals surface area contributed by atoms with E-state index in [9.17, 15) is 0 Å². The molecule has 2 rings (SSSR count). The van der Waals surface area contributed by atoms with Crippen molar-refractivity contribution in [3.63, 3.8) is 0 Å². The number of aliphatic hydroxyl groups excluding tert-OH is 1. The fraction of sp³-hybridized carbons (Fsp3) is 0.214. The van der Waals surface area contributed by atoms with E-state index < -0.39 is 0 Å². The maximum absolute atomic E-state index is 9.05. The van der Waals surface area contributed by atoms with Gasteiger partial charge in [0.2, 0.25) is 0 Å². The number of rotatable bonds is 4. The summed E-state index contributed by atoms with van der Waals surface area (Å²) in [7, 11) is 0. The summed E-state index contributed by atoms with van der Waals surface area (Å²) in [5, 5.41) is 12.3. The first-order valence-electron chi connectivity index (χ1n) is 5.63. The van der Waals surface area contributed by atoms with Crippen molar-refractivity contribution in [1.82, 2.24) is 4.98 Å². The molecule has 0 saturated heterocycles. The molecule has 1 aromatic carbocycles. The van der Waals surface area contributed by atoms with Crippen LogP contribution in [0.1, 0.15) is 16.7 Å². The van der Waals surface area contributed by atoms with Crippen LogP contribution in [0.25, 0.3) is 0 Å². The molecule has 0 aliphatic rings. The Morgan fingerprint density at radius 2 is 2.00 bits per heavy atom. The van der Waals surface area contributed by atoms with Crippen LogP contribution in [-0.4, -0.2) is 10.1 Å². The summed E-state index contributed by atoms with van der Waals surface area (Å²) in [4.78, 5) is 4.28. The molecular formula is C14H16N2O. The highest BCUT2D eigenvalue weighted by Crippen LogP contribution is 2.09. The monoisotopic (exact) mass is 228 g/mol. The summed E-state index contributed by atoms with van der Waals surface area (Å²) in [5.41, 5.74) is 3.22. The third-order valence-corrected chi connectivity index (χ3v) is 2.56. The van der Waals surface area contributed by atoms with Crippen molar-refractivity contribution < 1.29 is 5.11 Å². The number of nitrogens with zero attached hydrogens (tertiary/aromatic N) is 1. The maximum atomic E-state index is 9.05. The van der Waals surface area contributed by atoms with Crippen LogP contribution in [0.15, 0.2) is 42.6 Å². The number of hydrogen-bond donors (Lipinski definition) is 2. The molecule has 88 valence electrons. The van der Waals surface area contributed by atoms with Gasteiger partial charge >= 0.3 is 0 Å². The summed E-state index contributed by atoms with van der Waals surface area (Å²) < 4.78 is 0.